The molecule has 1 rings (SSSR count). The van der Waals surface area contributed by atoms with E-state index in [1.165, 1.54) is 0 Å². The lowest BCUT2D eigenvalue weighted by Crippen LogP contribution is -2.12. The van der Waals surface area contributed by atoms with Crippen LogP contribution in [0.1, 0.15) is 24.5 Å². The Bertz CT molecular complexity index is 309. The van der Waals surface area contributed by atoms with Crippen molar-refractivity contribution in [2.45, 2.75) is 20.4 Å². The van der Waals surface area contributed by atoms with Gasteiger partial charge in [-0.25, -0.2) is 9.78 Å². The first kappa shape index (κ1) is 10.2. The van der Waals surface area contributed by atoms with Gasteiger partial charge in [-0.15, -0.1) is 0 Å². The predicted molar refractivity (Wildman–Crippen MR) is 51.6 cm³/mol. The summed E-state index contributed by atoms with van der Waals surface area (Å²) < 4.78 is 7.23. The number of esters is 1. The van der Waals surface area contributed by atoms with Crippen LogP contribution in [-0.2, 0) is 11.3 Å². The first-order valence-corrected chi connectivity index (χ1v) is 4.88. The summed E-state index contributed by atoms with van der Waals surface area (Å²) in [7, 11) is 0. The number of aryl methyl sites for hydroxylation is 1. The van der Waals surface area contributed by atoms with Gasteiger partial charge in [-0.3, -0.25) is 0 Å². The van der Waals surface area contributed by atoms with Crippen LogP contribution in [0.2, 0.25) is 0 Å². The van der Waals surface area contributed by atoms with Crippen molar-refractivity contribution in [3.05, 3.63) is 16.6 Å². The van der Waals surface area contributed by atoms with Gasteiger partial charge in [0.1, 0.15) is 4.60 Å². The first-order chi connectivity index (χ1) is 6.19. The summed E-state index contributed by atoms with van der Waals surface area (Å²) in [6.07, 6.45) is 1.76. The van der Waals surface area contributed by atoms with Crippen LogP contribution >= 0.6 is 15.9 Å². The molecule has 0 aromatic carbocycles. The number of rotatable bonds is 3. The Labute approximate surface area is 85.0 Å². The highest BCUT2D eigenvalue weighted by Gasteiger charge is 2.14. The highest BCUT2D eigenvalue weighted by atomic mass is 79.9. The van der Waals surface area contributed by atoms with Crippen molar-refractivity contribution in [1.82, 2.24) is 9.55 Å². The van der Waals surface area contributed by atoms with Crippen molar-refractivity contribution in [2.24, 2.45) is 0 Å². The Kier molecular flexibility index (Phi) is 3.48. The van der Waals surface area contributed by atoms with E-state index in [0.717, 1.165) is 0 Å². The Morgan fingerprint density at radius 2 is 2.38 bits per heavy atom. The number of nitrogens with zero attached hydrogens (tertiary/aromatic N) is 2. The van der Waals surface area contributed by atoms with Crippen molar-refractivity contribution >= 4 is 21.9 Å². The average molecular weight is 247 g/mol. The van der Waals surface area contributed by atoms with Gasteiger partial charge in [0.25, 0.3) is 0 Å². The molecule has 0 unspecified atom stereocenters. The minimum Gasteiger partial charge on any atom is -0.460 e. The van der Waals surface area contributed by atoms with Crippen LogP contribution in [0.3, 0.4) is 0 Å². The highest BCUT2D eigenvalue weighted by molar-refractivity contribution is 9.10. The molecule has 1 aromatic rings. The van der Waals surface area contributed by atoms with Gasteiger partial charge in [0.15, 0.2) is 0 Å². The minimum atomic E-state index is -0.380. The summed E-state index contributed by atoms with van der Waals surface area (Å²) in [5.41, 5.74) is 0. The summed E-state index contributed by atoms with van der Waals surface area (Å²) in [4.78, 5) is 15.3. The quantitative estimate of drug-likeness (QED) is 0.765. The number of carbonyl (C=O) groups is 1. The fourth-order valence-electron chi connectivity index (χ4n) is 0.984. The maximum absolute atomic E-state index is 11.3. The maximum Gasteiger partial charge on any atom is 0.374 e. The van der Waals surface area contributed by atoms with Crippen molar-refractivity contribution in [1.29, 1.82) is 0 Å². The van der Waals surface area contributed by atoms with Gasteiger partial charge >= 0.3 is 5.97 Å². The smallest absolute Gasteiger partial charge is 0.374 e. The lowest BCUT2D eigenvalue weighted by molar-refractivity contribution is 0.0506. The minimum absolute atomic E-state index is 0.344. The molecule has 72 valence electrons. The lowest BCUT2D eigenvalue weighted by atomic mass is 10.5. The number of hydrogen-bond acceptors (Lipinski definition) is 3. The Hall–Kier alpha value is -0.840. The van der Waals surface area contributed by atoms with Crippen molar-refractivity contribution in [3.8, 4) is 0 Å². The van der Waals surface area contributed by atoms with E-state index in [0.29, 0.717) is 23.6 Å². The van der Waals surface area contributed by atoms with E-state index in [4.69, 9.17) is 4.74 Å². The number of imidazole rings is 1. The van der Waals surface area contributed by atoms with E-state index in [2.05, 4.69) is 20.9 Å². The zero-order valence-electron chi connectivity index (χ0n) is 7.58. The molecular weight excluding hydrogens is 236 g/mol. The summed E-state index contributed by atoms with van der Waals surface area (Å²) in [5.74, 6) is -0.0359. The average Bonchev–Trinajstić information content (AvgIpc) is 2.47. The largest absolute Gasteiger partial charge is 0.460 e. The van der Waals surface area contributed by atoms with E-state index in [1.807, 2.05) is 6.92 Å². The molecule has 13 heavy (non-hydrogen) atoms. The van der Waals surface area contributed by atoms with Crippen LogP contribution in [0.25, 0.3) is 0 Å². The molecule has 4 nitrogen and oxygen atoms in total. The molecule has 0 spiro atoms. The predicted octanol–water partition coefficient (Wildman–Crippen LogP) is 1.84. The Balaban J connectivity index is 2.91. The van der Waals surface area contributed by atoms with Crippen LogP contribution in [0.15, 0.2) is 10.8 Å². The van der Waals surface area contributed by atoms with E-state index < -0.39 is 0 Å². The molecule has 0 saturated heterocycles. The molecule has 0 fully saturated rings. The number of carbonyl (C=O) groups excluding carboxylic acids is 1. The van der Waals surface area contributed by atoms with Crippen molar-refractivity contribution in [3.63, 3.8) is 0 Å². The van der Waals surface area contributed by atoms with Crippen LogP contribution in [0, 0.1) is 0 Å². The molecule has 0 N–H and O–H groups in total. The molecule has 0 aliphatic heterocycles. The van der Waals surface area contributed by atoms with E-state index >= 15 is 0 Å². The first-order valence-electron chi connectivity index (χ1n) is 4.08. The van der Waals surface area contributed by atoms with Gasteiger partial charge in [-0.2, -0.15) is 0 Å². The number of hydrogen-bond donors (Lipinski definition) is 0. The zero-order valence-corrected chi connectivity index (χ0v) is 9.17. The Morgan fingerprint density at radius 3 is 2.92 bits per heavy atom. The molecule has 0 bridgehead atoms. The van der Waals surface area contributed by atoms with Crippen molar-refractivity contribution in [2.75, 3.05) is 6.61 Å². The van der Waals surface area contributed by atoms with Gasteiger partial charge in [0.05, 0.1) is 6.61 Å². The highest BCUT2D eigenvalue weighted by Crippen LogP contribution is 2.10. The topological polar surface area (TPSA) is 44.1 Å². The molecule has 0 amide bonds. The molecule has 0 radical (unpaired) electrons. The second-order valence-electron chi connectivity index (χ2n) is 2.39. The maximum atomic E-state index is 11.3. The third-order valence-corrected chi connectivity index (χ3v) is 1.93. The van der Waals surface area contributed by atoms with Gasteiger partial charge in [0, 0.05) is 12.7 Å². The molecule has 5 heteroatoms. The SMILES string of the molecule is CCOC(=O)c1nc(Br)cn1CC. The normalized spacial score (nSPS) is 10.1. The Morgan fingerprint density at radius 1 is 1.69 bits per heavy atom. The van der Waals surface area contributed by atoms with Crippen LogP contribution < -0.4 is 0 Å². The third-order valence-electron chi connectivity index (χ3n) is 1.55. The van der Waals surface area contributed by atoms with Gasteiger partial charge < -0.3 is 9.30 Å². The molecule has 0 atom stereocenters. The fraction of sp³-hybridized carbons (Fsp3) is 0.500. The molecule has 0 saturated carbocycles. The zero-order chi connectivity index (χ0) is 9.84. The number of halogens is 1. The molecule has 1 aromatic heterocycles. The van der Waals surface area contributed by atoms with E-state index in [9.17, 15) is 4.79 Å². The lowest BCUT2D eigenvalue weighted by Gasteiger charge is -2.02. The summed E-state index contributed by atoms with van der Waals surface area (Å²) in [6.45, 7) is 4.78. The van der Waals surface area contributed by atoms with Gasteiger partial charge in [-0.05, 0) is 29.8 Å². The summed E-state index contributed by atoms with van der Waals surface area (Å²) in [6, 6.07) is 0. The molecular formula is C8H11BrN2O2. The van der Waals surface area contributed by atoms with E-state index in [1.54, 1.807) is 17.7 Å². The van der Waals surface area contributed by atoms with Crippen LogP contribution in [0.5, 0.6) is 0 Å². The number of aromatic nitrogens is 2. The summed E-state index contributed by atoms with van der Waals surface area (Å²) in [5, 5.41) is 0. The van der Waals surface area contributed by atoms with Crippen molar-refractivity contribution < 1.29 is 9.53 Å². The van der Waals surface area contributed by atoms with Gasteiger partial charge in [-0.1, -0.05) is 0 Å². The number of ether oxygens (including phenoxy) is 1. The second kappa shape index (κ2) is 4.41. The third kappa shape index (κ3) is 2.30. The van der Waals surface area contributed by atoms with Crippen LogP contribution in [0.4, 0.5) is 0 Å². The molecule has 0 aliphatic rings. The van der Waals surface area contributed by atoms with Gasteiger partial charge in [0.2, 0.25) is 5.82 Å². The molecule has 1 heterocycles. The van der Waals surface area contributed by atoms with Crippen LogP contribution in [-0.4, -0.2) is 22.1 Å². The monoisotopic (exact) mass is 246 g/mol. The van der Waals surface area contributed by atoms with E-state index in [-0.39, 0.29) is 5.97 Å². The standard InChI is InChI=1S/C8H11BrN2O2/c1-3-11-5-6(9)10-7(11)8(12)13-4-2/h5H,3-4H2,1-2H3. The second-order valence-corrected chi connectivity index (χ2v) is 3.21. The fourth-order valence-corrected chi connectivity index (χ4v) is 1.40. The molecule has 0 aliphatic carbocycles. The summed E-state index contributed by atoms with van der Waals surface area (Å²) >= 11 is 3.20.